The molecule has 3 aromatic rings. The third-order valence-corrected chi connectivity index (χ3v) is 4.79. The van der Waals surface area contributed by atoms with Crippen LogP contribution >= 0.6 is 35.3 Å². The van der Waals surface area contributed by atoms with E-state index in [4.69, 9.17) is 0 Å². The number of aryl methyl sites for hydroxylation is 2. The molecule has 0 aliphatic carbocycles. The van der Waals surface area contributed by atoms with Gasteiger partial charge in [-0.3, -0.25) is 9.56 Å². The summed E-state index contributed by atoms with van der Waals surface area (Å²) in [7, 11) is 1.78. The van der Waals surface area contributed by atoms with Crippen molar-refractivity contribution < 1.29 is 0 Å². The smallest absolute Gasteiger partial charge is 0.191 e. The van der Waals surface area contributed by atoms with Gasteiger partial charge in [0, 0.05) is 41.9 Å². The highest BCUT2D eigenvalue weighted by Gasteiger charge is 2.04. The Kier molecular flexibility index (Phi) is 7.58. The van der Waals surface area contributed by atoms with E-state index in [0.717, 1.165) is 29.7 Å². The van der Waals surface area contributed by atoms with Gasteiger partial charge in [-0.2, -0.15) is 0 Å². The second-order valence-electron chi connectivity index (χ2n) is 5.66. The molecule has 0 aliphatic rings. The highest BCUT2D eigenvalue weighted by Crippen LogP contribution is 2.14. The summed E-state index contributed by atoms with van der Waals surface area (Å²) >= 11 is 1.79. The van der Waals surface area contributed by atoms with E-state index >= 15 is 0 Å². The van der Waals surface area contributed by atoms with Crippen molar-refractivity contribution in [2.45, 2.75) is 26.9 Å². The Hall–Kier alpha value is -1.94. The van der Waals surface area contributed by atoms with Crippen molar-refractivity contribution in [1.82, 2.24) is 25.2 Å². The molecule has 0 aromatic carbocycles. The molecule has 0 unspecified atom stereocenters. The number of thiophene rings is 1. The lowest BCUT2D eigenvalue weighted by molar-refractivity contribution is 0.811. The summed E-state index contributed by atoms with van der Waals surface area (Å²) in [6, 6.07) is 8.33. The van der Waals surface area contributed by atoms with Gasteiger partial charge in [0.2, 0.25) is 0 Å². The van der Waals surface area contributed by atoms with Crippen LogP contribution in [-0.4, -0.2) is 27.5 Å². The number of guanidine groups is 1. The molecule has 3 rings (SSSR count). The number of halogens is 1. The van der Waals surface area contributed by atoms with E-state index in [1.807, 2.05) is 30.0 Å². The molecule has 26 heavy (non-hydrogen) atoms. The van der Waals surface area contributed by atoms with Crippen molar-refractivity contribution in [2.75, 3.05) is 7.05 Å². The van der Waals surface area contributed by atoms with E-state index in [9.17, 15) is 0 Å². The summed E-state index contributed by atoms with van der Waals surface area (Å²) in [4.78, 5) is 15.6. The topological polar surface area (TPSA) is 67.1 Å². The van der Waals surface area contributed by atoms with Crippen molar-refractivity contribution in [3.63, 3.8) is 0 Å². The first-order valence-electron chi connectivity index (χ1n) is 8.11. The standard InChI is InChI=1S/C18H22N6S.HI/c1-13-4-6-16(25-13)12-23-18(19-3)22-11-15-5-7-17(21-10-15)24-9-8-20-14(24)2;/h4-10H,11-12H2,1-3H3,(H2,19,22,23);1H. The molecule has 3 heterocycles. The first kappa shape index (κ1) is 20.4. The van der Waals surface area contributed by atoms with E-state index in [0.29, 0.717) is 6.54 Å². The first-order chi connectivity index (χ1) is 12.2. The highest BCUT2D eigenvalue weighted by molar-refractivity contribution is 14.0. The molecular weight excluding hydrogens is 459 g/mol. The fraction of sp³-hybridized carbons (Fsp3) is 0.278. The van der Waals surface area contributed by atoms with Crippen molar-refractivity contribution >= 4 is 41.3 Å². The number of nitrogens with one attached hydrogen (secondary N) is 2. The summed E-state index contributed by atoms with van der Waals surface area (Å²) in [5, 5.41) is 6.64. The van der Waals surface area contributed by atoms with E-state index in [-0.39, 0.29) is 24.0 Å². The lowest BCUT2D eigenvalue weighted by Gasteiger charge is -2.11. The predicted octanol–water partition coefficient (Wildman–Crippen LogP) is 3.43. The molecule has 0 aliphatic heterocycles. The SMILES string of the molecule is CN=C(NCc1ccc(-n2ccnc2C)nc1)NCc1ccc(C)s1.I. The molecule has 0 spiro atoms. The average Bonchev–Trinajstić information content (AvgIpc) is 3.24. The van der Waals surface area contributed by atoms with Gasteiger partial charge >= 0.3 is 0 Å². The average molecular weight is 482 g/mol. The summed E-state index contributed by atoms with van der Waals surface area (Å²) in [5.74, 6) is 2.57. The maximum absolute atomic E-state index is 4.51. The molecule has 138 valence electrons. The first-order valence-corrected chi connectivity index (χ1v) is 8.92. The molecule has 0 bridgehead atoms. The Morgan fingerprint density at radius 2 is 1.92 bits per heavy atom. The summed E-state index contributed by atoms with van der Waals surface area (Å²) in [5.41, 5.74) is 1.09. The number of hydrogen-bond acceptors (Lipinski definition) is 4. The Balaban J connectivity index is 0.00000243. The minimum absolute atomic E-state index is 0. The number of aliphatic imine (C=N–C) groups is 1. The molecule has 0 radical (unpaired) electrons. The molecule has 0 saturated carbocycles. The molecule has 3 aromatic heterocycles. The van der Waals surface area contributed by atoms with Crippen LogP contribution in [0.5, 0.6) is 0 Å². The van der Waals surface area contributed by atoms with Gasteiger partial charge in [0.05, 0.1) is 6.54 Å². The van der Waals surface area contributed by atoms with E-state index in [1.165, 1.54) is 9.75 Å². The molecule has 2 N–H and O–H groups in total. The minimum Gasteiger partial charge on any atom is -0.352 e. The Morgan fingerprint density at radius 3 is 2.50 bits per heavy atom. The molecule has 0 atom stereocenters. The van der Waals surface area contributed by atoms with Gasteiger partial charge in [0.25, 0.3) is 0 Å². The van der Waals surface area contributed by atoms with Crippen LogP contribution in [-0.2, 0) is 13.1 Å². The maximum atomic E-state index is 4.51. The summed E-state index contributed by atoms with van der Waals surface area (Å²) in [6.45, 7) is 5.51. The maximum Gasteiger partial charge on any atom is 0.191 e. The van der Waals surface area contributed by atoms with Crippen LogP contribution in [0.3, 0.4) is 0 Å². The second-order valence-corrected chi connectivity index (χ2v) is 7.03. The molecular formula is C18H23IN6S. The Bertz CT molecular complexity index is 853. The van der Waals surface area contributed by atoms with Crippen LogP contribution in [0.25, 0.3) is 5.82 Å². The number of aromatic nitrogens is 3. The zero-order chi connectivity index (χ0) is 17.6. The monoisotopic (exact) mass is 482 g/mol. The lowest BCUT2D eigenvalue weighted by Crippen LogP contribution is -2.36. The molecule has 6 nitrogen and oxygen atoms in total. The number of pyridine rings is 1. The third-order valence-electron chi connectivity index (χ3n) is 3.79. The van der Waals surface area contributed by atoms with Crippen LogP contribution < -0.4 is 10.6 Å². The van der Waals surface area contributed by atoms with Gasteiger partial charge in [-0.15, -0.1) is 35.3 Å². The third kappa shape index (κ3) is 5.28. The van der Waals surface area contributed by atoms with Gasteiger partial charge in [-0.25, -0.2) is 9.97 Å². The fourth-order valence-corrected chi connectivity index (χ4v) is 3.27. The summed E-state index contributed by atoms with van der Waals surface area (Å²) < 4.78 is 1.96. The minimum atomic E-state index is 0. The van der Waals surface area contributed by atoms with Gasteiger partial charge in [0.1, 0.15) is 11.6 Å². The number of rotatable bonds is 5. The van der Waals surface area contributed by atoms with Crippen molar-refractivity contribution in [3.05, 3.63) is 64.0 Å². The van der Waals surface area contributed by atoms with Crippen LogP contribution in [0.2, 0.25) is 0 Å². The fourth-order valence-electron chi connectivity index (χ4n) is 2.44. The van der Waals surface area contributed by atoms with E-state index < -0.39 is 0 Å². The van der Waals surface area contributed by atoms with Gasteiger partial charge in [-0.1, -0.05) is 6.07 Å². The van der Waals surface area contributed by atoms with Crippen molar-refractivity contribution in [2.24, 2.45) is 4.99 Å². The highest BCUT2D eigenvalue weighted by atomic mass is 127. The van der Waals surface area contributed by atoms with Crippen LogP contribution in [0.15, 0.2) is 47.8 Å². The van der Waals surface area contributed by atoms with Crippen LogP contribution in [0, 0.1) is 13.8 Å². The van der Waals surface area contributed by atoms with Gasteiger partial charge in [0.15, 0.2) is 5.96 Å². The normalized spacial score (nSPS) is 11.1. The largest absolute Gasteiger partial charge is 0.352 e. The molecule has 0 fully saturated rings. The predicted molar refractivity (Wildman–Crippen MR) is 118 cm³/mol. The van der Waals surface area contributed by atoms with Gasteiger partial charge < -0.3 is 10.6 Å². The molecule has 0 amide bonds. The summed E-state index contributed by atoms with van der Waals surface area (Å²) in [6.07, 6.45) is 5.56. The Labute approximate surface area is 174 Å². The quantitative estimate of drug-likeness (QED) is 0.332. The lowest BCUT2D eigenvalue weighted by atomic mass is 10.3. The van der Waals surface area contributed by atoms with Crippen LogP contribution in [0.1, 0.15) is 21.1 Å². The molecule has 0 saturated heterocycles. The number of imidazole rings is 1. The Morgan fingerprint density at radius 1 is 1.12 bits per heavy atom. The van der Waals surface area contributed by atoms with Crippen LogP contribution in [0.4, 0.5) is 0 Å². The van der Waals surface area contributed by atoms with Gasteiger partial charge in [-0.05, 0) is 37.6 Å². The number of hydrogen-bond donors (Lipinski definition) is 2. The van der Waals surface area contributed by atoms with Crippen molar-refractivity contribution in [3.8, 4) is 5.82 Å². The molecule has 8 heteroatoms. The number of nitrogens with zero attached hydrogens (tertiary/aromatic N) is 4. The van der Waals surface area contributed by atoms with E-state index in [2.05, 4.69) is 50.7 Å². The zero-order valence-electron chi connectivity index (χ0n) is 15.1. The van der Waals surface area contributed by atoms with Crippen molar-refractivity contribution in [1.29, 1.82) is 0 Å². The van der Waals surface area contributed by atoms with E-state index in [1.54, 1.807) is 24.6 Å². The second kappa shape index (κ2) is 9.67. The zero-order valence-corrected chi connectivity index (χ0v) is 18.2.